The van der Waals surface area contributed by atoms with Crippen molar-refractivity contribution in [2.75, 3.05) is 13.7 Å². The maximum atomic E-state index is 11.9. The Morgan fingerprint density at radius 3 is 2.57 bits per heavy atom. The van der Waals surface area contributed by atoms with Crippen molar-refractivity contribution in [3.63, 3.8) is 0 Å². The number of esters is 1. The van der Waals surface area contributed by atoms with Crippen LogP contribution in [-0.4, -0.2) is 25.6 Å². The minimum atomic E-state index is -0.578. The SMILES string of the molecule is COc1cccc(C(=O)OCC(=O)NCc2ccc(Cl)cc2)c1. The molecule has 5 nitrogen and oxygen atoms in total. The highest BCUT2D eigenvalue weighted by Crippen LogP contribution is 2.13. The third-order valence-electron chi connectivity index (χ3n) is 3.04. The van der Waals surface area contributed by atoms with Gasteiger partial charge >= 0.3 is 5.97 Å². The van der Waals surface area contributed by atoms with Crippen LogP contribution in [0.15, 0.2) is 48.5 Å². The van der Waals surface area contributed by atoms with E-state index in [1.165, 1.54) is 7.11 Å². The third-order valence-corrected chi connectivity index (χ3v) is 3.29. The predicted molar refractivity (Wildman–Crippen MR) is 86.6 cm³/mol. The molecule has 0 bridgehead atoms. The van der Waals surface area contributed by atoms with Crippen molar-refractivity contribution in [1.29, 1.82) is 0 Å². The smallest absolute Gasteiger partial charge is 0.338 e. The number of halogens is 1. The van der Waals surface area contributed by atoms with Crippen molar-refractivity contribution in [2.45, 2.75) is 6.54 Å². The molecule has 0 aliphatic carbocycles. The Kier molecular flexibility index (Phi) is 6.00. The van der Waals surface area contributed by atoms with Gasteiger partial charge < -0.3 is 14.8 Å². The van der Waals surface area contributed by atoms with E-state index in [0.717, 1.165) is 5.56 Å². The van der Waals surface area contributed by atoms with Crippen LogP contribution in [-0.2, 0) is 16.1 Å². The van der Waals surface area contributed by atoms with Crippen molar-refractivity contribution >= 4 is 23.5 Å². The number of methoxy groups -OCH3 is 1. The van der Waals surface area contributed by atoms with Crippen LogP contribution < -0.4 is 10.1 Å². The highest BCUT2D eigenvalue weighted by molar-refractivity contribution is 6.30. The van der Waals surface area contributed by atoms with Crippen LogP contribution in [0.1, 0.15) is 15.9 Å². The Balaban J connectivity index is 1.79. The van der Waals surface area contributed by atoms with Gasteiger partial charge in [-0.05, 0) is 35.9 Å². The lowest BCUT2D eigenvalue weighted by Gasteiger charge is -2.07. The van der Waals surface area contributed by atoms with Gasteiger partial charge in [0.05, 0.1) is 12.7 Å². The van der Waals surface area contributed by atoms with Crippen LogP contribution in [0.5, 0.6) is 5.75 Å². The molecule has 0 unspecified atom stereocenters. The molecule has 0 aromatic heterocycles. The number of benzene rings is 2. The largest absolute Gasteiger partial charge is 0.497 e. The minimum Gasteiger partial charge on any atom is -0.497 e. The molecular weight excluding hydrogens is 318 g/mol. The number of ether oxygens (including phenoxy) is 2. The number of carbonyl (C=O) groups excluding carboxylic acids is 2. The van der Waals surface area contributed by atoms with E-state index in [-0.39, 0.29) is 12.5 Å². The summed E-state index contributed by atoms with van der Waals surface area (Å²) in [6.07, 6.45) is 0. The molecule has 0 aliphatic rings. The molecule has 0 aliphatic heterocycles. The molecular formula is C17H16ClNO4. The topological polar surface area (TPSA) is 64.6 Å². The number of rotatable bonds is 6. The van der Waals surface area contributed by atoms with Crippen LogP contribution in [0, 0.1) is 0 Å². The molecule has 0 fully saturated rings. The number of nitrogens with one attached hydrogen (secondary N) is 1. The van der Waals surface area contributed by atoms with Gasteiger partial charge in [0.25, 0.3) is 5.91 Å². The fourth-order valence-electron chi connectivity index (χ4n) is 1.82. The zero-order chi connectivity index (χ0) is 16.7. The van der Waals surface area contributed by atoms with E-state index in [4.69, 9.17) is 21.1 Å². The zero-order valence-corrected chi connectivity index (χ0v) is 13.3. The van der Waals surface area contributed by atoms with Crippen molar-refractivity contribution in [3.8, 4) is 5.75 Å². The van der Waals surface area contributed by atoms with E-state index < -0.39 is 5.97 Å². The Morgan fingerprint density at radius 1 is 1.13 bits per heavy atom. The average molecular weight is 334 g/mol. The lowest BCUT2D eigenvalue weighted by atomic mass is 10.2. The molecule has 120 valence electrons. The third kappa shape index (κ3) is 5.30. The van der Waals surface area contributed by atoms with Crippen LogP contribution in [0.3, 0.4) is 0 Å². The molecule has 0 saturated carbocycles. The second kappa shape index (κ2) is 8.19. The lowest BCUT2D eigenvalue weighted by molar-refractivity contribution is -0.124. The molecule has 0 saturated heterocycles. The van der Waals surface area contributed by atoms with Crippen LogP contribution >= 0.6 is 11.6 Å². The van der Waals surface area contributed by atoms with E-state index >= 15 is 0 Å². The van der Waals surface area contributed by atoms with Gasteiger partial charge in [-0.2, -0.15) is 0 Å². The molecule has 2 aromatic carbocycles. The fraction of sp³-hybridized carbons (Fsp3) is 0.176. The fourth-order valence-corrected chi connectivity index (χ4v) is 1.94. The van der Waals surface area contributed by atoms with Gasteiger partial charge in [-0.15, -0.1) is 0 Å². The number of amides is 1. The Bertz CT molecular complexity index is 685. The number of hydrogen-bond donors (Lipinski definition) is 1. The highest BCUT2D eigenvalue weighted by Gasteiger charge is 2.10. The zero-order valence-electron chi connectivity index (χ0n) is 12.5. The second-order valence-electron chi connectivity index (χ2n) is 4.71. The van der Waals surface area contributed by atoms with Crippen molar-refractivity contribution in [3.05, 3.63) is 64.7 Å². The van der Waals surface area contributed by atoms with E-state index in [1.54, 1.807) is 36.4 Å². The first-order valence-electron chi connectivity index (χ1n) is 6.91. The summed E-state index contributed by atoms with van der Waals surface area (Å²) in [6, 6.07) is 13.6. The van der Waals surface area contributed by atoms with Crippen LogP contribution in [0.25, 0.3) is 0 Å². The summed E-state index contributed by atoms with van der Waals surface area (Å²) in [4.78, 5) is 23.6. The van der Waals surface area contributed by atoms with E-state index in [9.17, 15) is 9.59 Å². The summed E-state index contributed by atoms with van der Waals surface area (Å²) < 4.78 is 10.00. The van der Waals surface area contributed by atoms with Gasteiger partial charge in [-0.25, -0.2) is 4.79 Å². The standard InChI is InChI=1S/C17H16ClNO4/c1-22-15-4-2-3-13(9-15)17(21)23-11-16(20)19-10-12-5-7-14(18)8-6-12/h2-9H,10-11H2,1H3,(H,19,20). The molecule has 0 spiro atoms. The summed E-state index contributed by atoms with van der Waals surface area (Å²) in [7, 11) is 1.51. The summed E-state index contributed by atoms with van der Waals surface area (Å²) >= 11 is 5.78. The summed E-state index contributed by atoms with van der Waals surface area (Å²) in [5, 5.41) is 3.30. The van der Waals surface area contributed by atoms with Crippen LogP contribution in [0.2, 0.25) is 5.02 Å². The molecule has 1 amide bonds. The maximum Gasteiger partial charge on any atom is 0.338 e. The molecule has 1 N–H and O–H groups in total. The number of carbonyl (C=O) groups is 2. The average Bonchev–Trinajstić information content (AvgIpc) is 2.59. The Hall–Kier alpha value is -2.53. The molecule has 0 atom stereocenters. The summed E-state index contributed by atoms with van der Waals surface area (Å²) in [5.41, 5.74) is 1.23. The van der Waals surface area contributed by atoms with Gasteiger partial charge in [0, 0.05) is 11.6 Å². The summed E-state index contributed by atoms with van der Waals surface area (Å²) in [6.45, 7) is -0.00363. The van der Waals surface area contributed by atoms with Gasteiger partial charge in [-0.1, -0.05) is 29.8 Å². The molecule has 2 rings (SSSR count). The Morgan fingerprint density at radius 2 is 1.87 bits per heavy atom. The second-order valence-corrected chi connectivity index (χ2v) is 5.15. The van der Waals surface area contributed by atoms with E-state index in [1.807, 2.05) is 12.1 Å². The molecule has 23 heavy (non-hydrogen) atoms. The van der Waals surface area contributed by atoms with E-state index in [0.29, 0.717) is 22.9 Å². The van der Waals surface area contributed by atoms with Crippen LogP contribution in [0.4, 0.5) is 0 Å². The monoisotopic (exact) mass is 333 g/mol. The first kappa shape index (κ1) is 16.8. The van der Waals surface area contributed by atoms with Crippen molar-refractivity contribution in [2.24, 2.45) is 0 Å². The summed E-state index contributed by atoms with van der Waals surface area (Å²) in [5.74, 6) is -0.409. The molecule has 6 heteroatoms. The van der Waals surface area contributed by atoms with Gasteiger partial charge in [0.2, 0.25) is 0 Å². The van der Waals surface area contributed by atoms with Crippen molar-refractivity contribution in [1.82, 2.24) is 5.32 Å². The molecule has 0 radical (unpaired) electrons. The van der Waals surface area contributed by atoms with Gasteiger partial charge in [-0.3, -0.25) is 4.79 Å². The maximum absolute atomic E-state index is 11.9. The van der Waals surface area contributed by atoms with Gasteiger partial charge in [0.1, 0.15) is 5.75 Å². The minimum absolute atomic E-state index is 0.329. The molecule has 0 heterocycles. The lowest BCUT2D eigenvalue weighted by Crippen LogP contribution is -2.28. The molecule has 2 aromatic rings. The predicted octanol–water partition coefficient (Wildman–Crippen LogP) is 2.82. The normalized spacial score (nSPS) is 10.0. The quantitative estimate of drug-likeness (QED) is 0.826. The highest BCUT2D eigenvalue weighted by atomic mass is 35.5. The Labute approximate surface area is 139 Å². The van der Waals surface area contributed by atoms with Crippen molar-refractivity contribution < 1.29 is 19.1 Å². The van der Waals surface area contributed by atoms with Gasteiger partial charge in [0.15, 0.2) is 6.61 Å². The first-order valence-corrected chi connectivity index (χ1v) is 7.28. The first-order chi connectivity index (χ1) is 11.1. The number of hydrogen-bond acceptors (Lipinski definition) is 4. The van der Waals surface area contributed by atoms with E-state index in [2.05, 4.69) is 5.32 Å².